The van der Waals surface area contributed by atoms with Gasteiger partial charge in [-0.3, -0.25) is 4.79 Å². The number of H-pyrrole nitrogens is 1. The highest BCUT2D eigenvalue weighted by Crippen LogP contribution is 2.19. The summed E-state index contributed by atoms with van der Waals surface area (Å²) in [7, 11) is 0. The molecule has 0 aliphatic carbocycles. The van der Waals surface area contributed by atoms with Gasteiger partial charge in [0.1, 0.15) is 0 Å². The molecule has 0 amide bonds. The Hall–Kier alpha value is -2.10. The molecule has 1 N–H and O–H groups in total. The number of hydrogen-bond donors (Lipinski definition) is 1. The highest BCUT2D eigenvalue weighted by molar-refractivity contribution is 6.06. The Bertz CT molecular complexity index is 513. The number of fused-ring (bicyclic) bond motifs is 1. The molecule has 0 saturated heterocycles. The first-order valence-corrected chi connectivity index (χ1v) is 4.00. The molecule has 1 aromatic carbocycles. The summed E-state index contributed by atoms with van der Waals surface area (Å²) in [6, 6.07) is 4.69. The zero-order chi connectivity index (χ0) is 10.1. The van der Waals surface area contributed by atoms with E-state index in [1.165, 1.54) is 12.3 Å². The number of para-hydroxylation sites is 1. The van der Waals surface area contributed by atoms with Crippen molar-refractivity contribution in [1.29, 1.82) is 0 Å². The molecular weight excluding hydrogens is 182 g/mol. The Morgan fingerprint density at radius 2 is 2.21 bits per heavy atom. The maximum atomic E-state index is 10.7. The van der Waals surface area contributed by atoms with Crippen LogP contribution in [-0.2, 0) is 0 Å². The van der Waals surface area contributed by atoms with Crippen molar-refractivity contribution in [3.8, 4) is 0 Å². The molecule has 0 atom stereocenters. The van der Waals surface area contributed by atoms with Gasteiger partial charge in [-0.15, -0.1) is 0 Å². The summed E-state index contributed by atoms with van der Waals surface area (Å²) >= 11 is 0. The Labute approximate surface area is 79.2 Å². The minimum Gasteiger partial charge on any atom is -0.545 e. The van der Waals surface area contributed by atoms with E-state index in [1.807, 2.05) is 0 Å². The van der Waals surface area contributed by atoms with Crippen LogP contribution in [0.2, 0.25) is 0 Å². The van der Waals surface area contributed by atoms with Crippen molar-refractivity contribution >= 4 is 23.2 Å². The highest BCUT2D eigenvalue weighted by atomic mass is 16.4. The maximum Gasteiger partial charge on any atom is 0.152 e. The molecule has 0 bridgehead atoms. The first-order chi connectivity index (χ1) is 6.74. The lowest BCUT2D eigenvalue weighted by Crippen LogP contribution is -2.22. The number of aromatic carboxylic acids is 1. The van der Waals surface area contributed by atoms with Crippen molar-refractivity contribution in [2.75, 3.05) is 0 Å². The number of carbonyl (C=O) groups is 2. The van der Waals surface area contributed by atoms with E-state index in [-0.39, 0.29) is 5.56 Å². The number of carboxylic acid groups (broad SMARTS) is 1. The summed E-state index contributed by atoms with van der Waals surface area (Å²) in [5, 5.41) is 11.3. The molecule has 14 heavy (non-hydrogen) atoms. The van der Waals surface area contributed by atoms with E-state index in [2.05, 4.69) is 4.98 Å². The van der Waals surface area contributed by atoms with Gasteiger partial charge in [0.15, 0.2) is 6.29 Å². The fourth-order valence-electron chi connectivity index (χ4n) is 1.44. The van der Waals surface area contributed by atoms with Crippen LogP contribution in [0.1, 0.15) is 20.7 Å². The number of aromatic amines is 1. The van der Waals surface area contributed by atoms with Crippen molar-refractivity contribution in [2.24, 2.45) is 0 Å². The van der Waals surface area contributed by atoms with Crippen LogP contribution in [0.15, 0.2) is 24.4 Å². The number of nitrogens with one attached hydrogen (secondary N) is 1. The van der Waals surface area contributed by atoms with Crippen molar-refractivity contribution in [3.05, 3.63) is 35.5 Å². The van der Waals surface area contributed by atoms with Crippen LogP contribution in [0.25, 0.3) is 10.9 Å². The molecule has 0 unspecified atom stereocenters. The van der Waals surface area contributed by atoms with Crippen LogP contribution in [0, 0.1) is 0 Å². The SMILES string of the molecule is O=Cc1c[nH]c2c(C(=O)[O-])cccc12. The highest BCUT2D eigenvalue weighted by Gasteiger charge is 2.06. The molecule has 4 heteroatoms. The van der Waals surface area contributed by atoms with Gasteiger partial charge in [-0.05, 0) is 0 Å². The predicted octanol–water partition coefficient (Wildman–Crippen LogP) is 0.344. The van der Waals surface area contributed by atoms with Crippen molar-refractivity contribution in [1.82, 2.24) is 4.98 Å². The fraction of sp³-hybridized carbons (Fsp3) is 0. The summed E-state index contributed by atoms with van der Waals surface area (Å²) in [5.74, 6) is -1.25. The largest absolute Gasteiger partial charge is 0.545 e. The Kier molecular flexibility index (Phi) is 1.81. The summed E-state index contributed by atoms with van der Waals surface area (Å²) in [4.78, 5) is 24.0. The minimum atomic E-state index is -1.25. The second-order valence-electron chi connectivity index (χ2n) is 2.88. The van der Waals surface area contributed by atoms with E-state index in [0.29, 0.717) is 22.8 Å². The quantitative estimate of drug-likeness (QED) is 0.691. The Morgan fingerprint density at radius 1 is 1.43 bits per heavy atom. The van der Waals surface area contributed by atoms with E-state index in [4.69, 9.17) is 0 Å². The van der Waals surface area contributed by atoms with Crippen molar-refractivity contribution < 1.29 is 14.7 Å². The zero-order valence-corrected chi connectivity index (χ0v) is 7.11. The number of carbonyl (C=O) groups excluding carboxylic acids is 2. The van der Waals surface area contributed by atoms with E-state index in [9.17, 15) is 14.7 Å². The van der Waals surface area contributed by atoms with Crippen LogP contribution >= 0.6 is 0 Å². The lowest BCUT2D eigenvalue weighted by molar-refractivity contribution is -0.254. The first-order valence-electron chi connectivity index (χ1n) is 4.00. The topological polar surface area (TPSA) is 73.0 Å². The summed E-state index contributed by atoms with van der Waals surface area (Å²) in [5.41, 5.74) is 0.938. The number of aldehydes is 1. The third kappa shape index (κ3) is 1.08. The first kappa shape index (κ1) is 8.50. The lowest BCUT2D eigenvalue weighted by Gasteiger charge is -2.02. The van der Waals surface area contributed by atoms with Gasteiger partial charge >= 0.3 is 0 Å². The average Bonchev–Trinajstić information content (AvgIpc) is 2.59. The minimum absolute atomic E-state index is 0.0654. The molecule has 0 saturated carbocycles. The fourth-order valence-corrected chi connectivity index (χ4v) is 1.44. The van der Waals surface area contributed by atoms with Crippen LogP contribution in [0.4, 0.5) is 0 Å². The molecule has 0 radical (unpaired) electrons. The molecule has 4 nitrogen and oxygen atoms in total. The van der Waals surface area contributed by atoms with Gasteiger partial charge in [0, 0.05) is 22.7 Å². The molecule has 0 aliphatic rings. The van der Waals surface area contributed by atoms with Gasteiger partial charge < -0.3 is 14.9 Å². The van der Waals surface area contributed by atoms with E-state index in [0.717, 1.165) is 0 Å². The third-order valence-corrected chi connectivity index (χ3v) is 2.09. The molecule has 0 aliphatic heterocycles. The van der Waals surface area contributed by atoms with Crippen LogP contribution < -0.4 is 5.11 Å². The van der Waals surface area contributed by atoms with E-state index < -0.39 is 5.97 Å². The number of aromatic nitrogens is 1. The summed E-state index contributed by atoms with van der Waals surface area (Å²) in [6.07, 6.45) is 2.15. The lowest BCUT2D eigenvalue weighted by atomic mass is 10.1. The molecule has 1 heterocycles. The molecule has 70 valence electrons. The summed E-state index contributed by atoms with van der Waals surface area (Å²) < 4.78 is 0. The Balaban J connectivity index is 2.82. The van der Waals surface area contributed by atoms with Gasteiger partial charge in [0.2, 0.25) is 0 Å². The molecule has 2 rings (SSSR count). The Morgan fingerprint density at radius 3 is 2.86 bits per heavy atom. The van der Waals surface area contributed by atoms with Crippen LogP contribution in [0.3, 0.4) is 0 Å². The third-order valence-electron chi connectivity index (χ3n) is 2.09. The normalized spacial score (nSPS) is 10.3. The predicted molar refractivity (Wildman–Crippen MR) is 48.0 cm³/mol. The number of hydrogen-bond acceptors (Lipinski definition) is 3. The zero-order valence-electron chi connectivity index (χ0n) is 7.11. The number of carboxylic acids is 1. The van der Waals surface area contributed by atoms with E-state index in [1.54, 1.807) is 12.1 Å². The van der Waals surface area contributed by atoms with Gasteiger partial charge in [0.05, 0.1) is 11.5 Å². The second kappa shape index (κ2) is 2.99. The summed E-state index contributed by atoms with van der Waals surface area (Å²) in [6.45, 7) is 0. The van der Waals surface area contributed by atoms with Gasteiger partial charge in [-0.1, -0.05) is 18.2 Å². The molecule has 2 aromatic rings. The average molecular weight is 188 g/mol. The number of rotatable bonds is 2. The van der Waals surface area contributed by atoms with Gasteiger partial charge in [-0.2, -0.15) is 0 Å². The van der Waals surface area contributed by atoms with Crippen molar-refractivity contribution in [2.45, 2.75) is 0 Å². The van der Waals surface area contributed by atoms with Gasteiger partial charge in [0.25, 0.3) is 0 Å². The van der Waals surface area contributed by atoms with Crippen molar-refractivity contribution in [3.63, 3.8) is 0 Å². The van der Waals surface area contributed by atoms with Crippen LogP contribution in [-0.4, -0.2) is 17.2 Å². The molecule has 1 aromatic heterocycles. The van der Waals surface area contributed by atoms with Crippen LogP contribution in [0.5, 0.6) is 0 Å². The standard InChI is InChI=1S/C10H7NO3/c12-5-6-4-11-9-7(6)2-1-3-8(9)10(13)14/h1-5,11H,(H,13,14)/p-1. The monoisotopic (exact) mass is 188 g/mol. The van der Waals surface area contributed by atoms with Gasteiger partial charge in [-0.25, -0.2) is 0 Å². The molecule has 0 spiro atoms. The smallest absolute Gasteiger partial charge is 0.152 e. The second-order valence-corrected chi connectivity index (χ2v) is 2.88. The maximum absolute atomic E-state index is 10.7. The number of benzene rings is 1. The molecule has 0 fully saturated rings. The van der Waals surface area contributed by atoms with E-state index >= 15 is 0 Å². The molecular formula is C10H6NO3-.